The monoisotopic (exact) mass is 510 g/mol. The second-order valence-electron chi connectivity index (χ2n) is 9.59. The van der Waals surface area contributed by atoms with Gasteiger partial charge in [-0.25, -0.2) is 4.39 Å². The van der Waals surface area contributed by atoms with Crippen molar-refractivity contribution in [1.29, 1.82) is 0 Å². The van der Waals surface area contributed by atoms with Gasteiger partial charge in [0.15, 0.2) is 11.4 Å². The minimum Gasteiger partial charge on any atom is -0.502 e. The number of ether oxygens (including phenoxy) is 1. The van der Waals surface area contributed by atoms with E-state index in [4.69, 9.17) is 4.74 Å². The fourth-order valence-electron chi connectivity index (χ4n) is 5.25. The Labute approximate surface area is 214 Å². The lowest BCUT2D eigenvalue weighted by atomic mass is 10.1. The highest BCUT2D eigenvalue weighted by molar-refractivity contribution is 5.99. The molecule has 2 aromatic rings. The molecule has 2 N–H and O–H groups in total. The minimum atomic E-state index is -0.901. The van der Waals surface area contributed by atoms with Crippen molar-refractivity contribution < 1.29 is 23.8 Å². The van der Waals surface area contributed by atoms with E-state index in [1.807, 2.05) is 11.1 Å². The van der Waals surface area contributed by atoms with Crippen molar-refractivity contribution >= 4 is 11.8 Å². The standard InChI is InChI=1S/C27H31FN4O5/c28-19-11-10-18-16-29-26(35)20-17-32-23(25(34)24(20)33)27(36)30-12-8-9-22(30)31(32)13-6-4-2-1-3-5-7-14-37-21(18)15-19/h3,5,10-11,15,17,22,34H,1-2,4,6-9,12-14,16H2,(H,29,35)/b5-3-. The number of hydrogen-bond acceptors (Lipinski definition) is 6. The predicted octanol–water partition coefficient (Wildman–Crippen LogP) is 3.04. The largest absolute Gasteiger partial charge is 0.502 e. The Balaban J connectivity index is 1.51. The second-order valence-corrected chi connectivity index (χ2v) is 9.59. The van der Waals surface area contributed by atoms with Crippen LogP contribution in [0, 0.1) is 5.82 Å². The van der Waals surface area contributed by atoms with Gasteiger partial charge in [-0.15, -0.1) is 0 Å². The van der Waals surface area contributed by atoms with Crippen LogP contribution in [0.15, 0.2) is 41.3 Å². The first kappa shape index (κ1) is 24.9. The fraction of sp³-hybridized carbons (Fsp3) is 0.444. The zero-order chi connectivity index (χ0) is 25.9. The number of nitrogens with one attached hydrogen (secondary N) is 1. The highest BCUT2D eigenvalue weighted by Gasteiger charge is 2.42. The fourth-order valence-corrected chi connectivity index (χ4v) is 5.25. The Morgan fingerprint density at radius 2 is 1.86 bits per heavy atom. The SMILES string of the molecule is O=C1NCc2ccc(F)cc2OCC/C=C\CCCCCN2C3CCCN3C(=O)c3c(O)c(=O)c1cn32. The van der Waals surface area contributed by atoms with Gasteiger partial charge in [-0.3, -0.25) is 24.1 Å². The first-order valence-electron chi connectivity index (χ1n) is 12.9. The molecule has 0 saturated carbocycles. The van der Waals surface area contributed by atoms with Crippen molar-refractivity contribution in [1.82, 2.24) is 14.9 Å². The molecule has 1 fully saturated rings. The lowest BCUT2D eigenvalue weighted by Crippen LogP contribution is -2.59. The number of rotatable bonds is 0. The number of nitrogens with zero attached hydrogens (tertiary/aromatic N) is 3. The lowest BCUT2D eigenvalue weighted by molar-refractivity contribution is 0.0643. The van der Waals surface area contributed by atoms with Crippen molar-refractivity contribution in [3.05, 3.63) is 69.4 Å². The molecule has 37 heavy (non-hydrogen) atoms. The highest BCUT2D eigenvalue weighted by atomic mass is 19.1. The molecule has 10 heteroatoms. The molecule has 4 heterocycles. The first-order valence-corrected chi connectivity index (χ1v) is 12.9. The summed E-state index contributed by atoms with van der Waals surface area (Å²) in [4.78, 5) is 41.0. The van der Waals surface area contributed by atoms with Crippen molar-refractivity contribution in [3.8, 4) is 11.5 Å². The molecule has 3 aliphatic rings. The van der Waals surface area contributed by atoms with E-state index in [0.717, 1.165) is 38.5 Å². The molecule has 1 saturated heterocycles. The van der Waals surface area contributed by atoms with E-state index >= 15 is 0 Å². The van der Waals surface area contributed by atoms with Crippen molar-refractivity contribution in [2.75, 3.05) is 24.7 Å². The van der Waals surface area contributed by atoms with Gasteiger partial charge < -0.3 is 20.1 Å². The Hall–Kier alpha value is -3.82. The molecule has 5 rings (SSSR count). The van der Waals surface area contributed by atoms with Crippen LogP contribution in [0.2, 0.25) is 0 Å². The predicted molar refractivity (Wildman–Crippen MR) is 135 cm³/mol. The van der Waals surface area contributed by atoms with Crippen LogP contribution in [0.4, 0.5) is 4.39 Å². The molecule has 1 aromatic heterocycles. The van der Waals surface area contributed by atoms with Crippen LogP contribution in [0.5, 0.6) is 11.5 Å². The first-order chi connectivity index (χ1) is 18.0. The molecule has 0 spiro atoms. The zero-order valence-corrected chi connectivity index (χ0v) is 20.6. The summed E-state index contributed by atoms with van der Waals surface area (Å²) in [5.41, 5.74) is -0.723. The molecule has 9 nitrogen and oxygen atoms in total. The van der Waals surface area contributed by atoms with Gasteiger partial charge in [0, 0.05) is 37.5 Å². The maximum absolute atomic E-state index is 13.9. The van der Waals surface area contributed by atoms with Crippen molar-refractivity contribution in [3.63, 3.8) is 0 Å². The van der Waals surface area contributed by atoms with Crippen LogP contribution in [-0.4, -0.2) is 52.4 Å². The number of benzene rings is 1. The average molecular weight is 511 g/mol. The topological polar surface area (TPSA) is 104 Å². The summed E-state index contributed by atoms with van der Waals surface area (Å²) in [5.74, 6) is -1.97. The number of hydrogen-bond donors (Lipinski definition) is 2. The summed E-state index contributed by atoms with van der Waals surface area (Å²) >= 11 is 0. The van der Waals surface area contributed by atoms with E-state index < -0.39 is 28.8 Å². The smallest absolute Gasteiger partial charge is 0.278 e. The quantitative estimate of drug-likeness (QED) is 0.528. The maximum Gasteiger partial charge on any atom is 0.278 e. The van der Waals surface area contributed by atoms with Gasteiger partial charge in [0.1, 0.15) is 23.3 Å². The summed E-state index contributed by atoms with van der Waals surface area (Å²) in [6, 6.07) is 4.07. The van der Waals surface area contributed by atoms with Gasteiger partial charge in [0.25, 0.3) is 11.8 Å². The number of halogens is 1. The van der Waals surface area contributed by atoms with E-state index in [2.05, 4.69) is 11.4 Å². The summed E-state index contributed by atoms with van der Waals surface area (Å²) in [6.45, 7) is 1.52. The molecule has 0 aliphatic carbocycles. The van der Waals surface area contributed by atoms with Crippen LogP contribution in [-0.2, 0) is 6.54 Å². The Bertz CT molecular complexity index is 1290. The van der Waals surface area contributed by atoms with E-state index in [0.29, 0.717) is 37.4 Å². The van der Waals surface area contributed by atoms with Crippen LogP contribution in [0.25, 0.3) is 0 Å². The molecule has 1 aromatic carbocycles. The Kier molecular flexibility index (Phi) is 7.16. The van der Waals surface area contributed by atoms with E-state index in [1.165, 1.54) is 29.1 Å². The molecular formula is C27H31FN4O5. The number of fused-ring (bicyclic) bond motifs is 4. The number of pyridine rings is 1. The Morgan fingerprint density at radius 3 is 2.73 bits per heavy atom. The van der Waals surface area contributed by atoms with Crippen LogP contribution in [0.1, 0.15) is 71.4 Å². The van der Waals surface area contributed by atoms with E-state index in [9.17, 15) is 23.9 Å². The number of carbonyl (C=O) groups is 2. The van der Waals surface area contributed by atoms with Gasteiger partial charge in [-0.2, -0.15) is 0 Å². The molecule has 2 amide bonds. The van der Waals surface area contributed by atoms with E-state index in [-0.39, 0.29) is 24.0 Å². The summed E-state index contributed by atoms with van der Waals surface area (Å²) in [7, 11) is 0. The average Bonchev–Trinajstić information content (AvgIpc) is 3.37. The number of amides is 2. The normalized spacial score (nSPS) is 21.6. The van der Waals surface area contributed by atoms with E-state index in [1.54, 1.807) is 4.90 Å². The Morgan fingerprint density at radius 1 is 1.03 bits per heavy atom. The maximum atomic E-state index is 13.9. The lowest BCUT2D eigenvalue weighted by Gasteiger charge is -2.43. The minimum absolute atomic E-state index is 0.00864. The van der Waals surface area contributed by atoms with Gasteiger partial charge in [-0.05, 0) is 44.6 Å². The third-order valence-electron chi connectivity index (χ3n) is 7.15. The van der Waals surface area contributed by atoms with Crippen LogP contribution < -0.4 is 20.5 Å². The van der Waals surface area contributed by atoms with Crippen LogP contribution >= 0.6 is 0 Å². The third kappa shape index (κ3) is 4.92. The van der Waals surface area contributed by atoms with Crippen molar-refractivity contribution in [2.45, 2.75) is 57.7 Å². The number of aromatic hydroxyl groups is 1. The summed E-state index contributed by atoms with van der Waals surface area (Å²) in [6.07, 6.45) is 11.3. The molecule has 1 atom stereocenters. The van der Waals surface area contributed by atoms with Crippen LogP contribution in [0.3, 0.4) is 0 Å². The number of aromatic nitrogens is 1. The summed E-state index contributed by atoms with van der Waals surface area (Å²) < 4.78 is 21.1. The van der Waals surface area contributed by atoms with Gasteiger partial charge in [-0.1, -0.05) is 24.6 Å². The number of carbonyl (C=O) groups excluding carboxylic acids is 2. The van der Waals surface area contributed by atoms with Gasteiger partial charge >= 0.3 is 0 Å². The molecule has 196 valence electrons. The molecule has 2 bridgehead atoms. The van der Waals surface area contributed by atoms with Gasteiger partial charge in [0.05, 0.1) is 6.61 Å². The molecule has 1 unspecified atom stereocenters. The summed E-state index contributed by atoms with van der Waals surface area (Å²) in [5, 5.41) is 15.5. The molecular weight excluding hydrogens is 479 g/mol. The molecule has 3 aliphatic heterocycles. The van der Waals surface area contributed by atoms with Gasteiger partial charge in [0.2, 0.25) is 5.43 Å². The third-order valence-corrected chi connectivity index (χ3v) is 7.15. The molecule has 0 radical (unpaired) electrons. The zero-order valence-electron chi connectivity index (χ0n) is 20.6. The highest BCUT2D eigenvalue weighted by Crippen LogP contribution is 2.31. The second kappa shape index (κ2) is 10.7. The van der Waals surface area contributed by atoms with Crippen molar-refractivity contribution in [2.24, 2.45) is 0 Å². The number of allylic oxidation sites excluding steroid dienone is 1.